The van der Waals surface area contributed by atoms with Gasteiger partial charge in [0.15, 0.2) is 0 Å². The Kier molecular flexibility index (Phi) is 2.15. The Labute approximate surface area is 66.0 Å². The highest BCUT2D eigenvalue weighted by Gasteiger charge is 2.28. The maximum Gasteiger partial charge on any atom is 0.0835 e. The van der Waals surface area contributed by atoms with Crippen LogP contribution in [0.1, 0.15) is 26.7 Å². The number of hydrogen-bond acceptors (Lipinski definition) is 2. The molecule has 60 valence electrons. The van der Waals surface area contributed by atoms with Gasteiger partial charge >= 0.3 is 0 Å². The van der Waals surface area contributed by atoms with Gasteiger partial charge in [-0.05, 0) is 32.2 Å². The molecule has 1 rings (SSSR count). The zero-order chi connectivity index (χ0) is 8.32. The molecule has 0 N–H and O–H groups in total. The normalized spacial score (nSPS) is 30.5. The first-order valence-electron chi connectivity index (χ1n) is 3.77. The van der Waals surface area contributed by atoms with Crippen LogP contribution in [0.25, 0.3) is 10.4 Å². The lowest BCUT2D eigenvalue weighted by Gasteiger charge is -2.27. The van der Waals surface area contributed by atoms with Crippen LogP contribution >= 0.6 is 0 Å². The molecule has 0 saturated heterocycles. The van der Waals surface area contributed by atoms with Crippen molar-refractivity contribution in [3.63, 3.8) is 0 Å². The van der Waals surface area contributed by atoms with Crippen molar-refractivity contribution in [2.75, 3.05) is 6.54 Å². The lowest BCUT2D eigenvalue weighted by Crippen LogP contribution is -2.33. The van der Waals surface area contributed by atoms with E-state index in [-0.39, 0.29) is 5.54 Å². The van der Waals surface area contributed by atoms with Gasteiger partial charge in [-0.15, -0.1) is 0 Å². The third-order valence-corrected chi connectivity index (χ3v) is 2.22. The summed E-state index contributed by atoms with van der Waals surface area (Å²) >= 11 is 0. The van der Waals surface area contributed by atoms with Crippen LogP contribution in [0.5, 0.6) is 0 Å². The third kappa shape index (κ3) is 1.52. The fourth-order valence-electron chi connectivity index (χ4n) is 1.24. The molecular weight excluding hydrogens is 140 g/mol. The molecule has 1 aliphatic heterocycles. The van der Waals surface area contributed by atoms with Crippen molar-refractivity contribution in [3.05, 3.63) is 10.4 Å². The molecular formula is C7H12N4. The zero-order valence-corrected chi connectivity index (χ0v) is 6.91. The second-order valence-corrected chi connectivity index (χ2v) is 3.03. The van der Waals surface area contributed by atoms with E-state index in [0.717, 1.165) is 25.1 Å². The quantitative estimate of drug-likeness (QED) is 0.314. The molecule has 1 unspecified atom stereocenters. The maximum absolute atomic E-state index is 8.30. The SMILES string of the molecule is CC1=NCCCC1(C)N=[N+]=[N-]. The summed E-state index contributed by atoms with van der Waals surface area (Å²) < 4.78 is 0. The first kappa shape index (κ1) is 8.08. The predicted molar refractivity (Wildman–Crippen MR) is 44.8 cm³/mol. The average Bonchev–Trinajstić information content (AvgIpc) is 1.96. The van der Waals surface area contributed by atoms with Gasteiger partial charge in [-0.3, -0.25) is 4.99 Å². The van der Waals surface area contributed by atoms with Crippen molar-refractivity contribution in [1.82, 2.24) is 0 Å². The van der Waals surface area contributed by atoms with E-state index in [2.05, 4.69) is 15.0 Å². The molecule has 0 aromatic heterocycles. The van der Waals surface area contributed by atoms with Gasteiger partial charge in [0, 0.05) is 17.2 Å². The summed E-state index contributed by atoms with van der Waals surface area (Å²) in [6, 6.07) is 0. The van der Waals surface area contributed by atoms with Crippen LogP contribution in [0.4, 0.5) is 0 Å². The molecule has 0 saturated carbocycles. The number of aliphatic imine (C=N–C) groups is 1. The van der Waals surface area contributed by atoms with E-state index in [9.17, 15) is 0 Å². The van der Waals surface area contributed by atoms with Crippen molar-refractivity contribution in [2.24, 2.45) is 10.1 Å². The Morgan fingerprint density at radius 3 is 3.00 bits per heavy atom. The molecule has 0 spiro atoms. The lowest BCUT2D eigenvalue weighted by molar-refractivity contribution is 0.517. The predicted octanol–water partition coefficient (Wildman–Crippen LogP) is 2.31. The Morgan fingerprint density at radius 2 is 2.45 bits per heavy atom. The molecule has 0 aromatic rings. The average molecular weight is 152 g/mol. The first-order chi connectivity index (χ1) is 5.19. The molecule has 0 aromatic carbocycles. The monoisotopic (exact) mass is 152 g/mol. The largest absolute Gasteiger partial charge is 0.294 e. The number of azide groups is 1. The van der Waals surface area contributed by atoms with E-state index in [1.54, 1.807) is 0 Å². The van der Waals surface area contributed by atoms with E-state index >= 15 is 0 Å². The van der Waals surface area contributed by atoms with Gasteiger partial charge in [-0.2, -0.15) is 0 Å². The second-order valence-electron chi connectivity index (χ2n) is 3.03. The highest BCUT2D eigenvalue weighted by molar-refractivity contribution is 5.91. The van der Waals surface area contributed by atoms with Gasteiger partial charge in [-0.1, -0.05) is 5.11 Å². The maximum atomic E-state index is 8.30. The van der Waals surface area contributed by atoms with Crippen molar-refractivity contribution >= 4 is 5.71 Å². The summed E-state index contributed by atoms with van der Waals surface area (Å²) in [7, 11) is 0. The Bertz CT molecular complexity index is 227. The molecule has 4 nitrogen and oxygen atoms in total. The Morgan fingerprint density at radius 1 is 1.73 bits per heavy atom. The molecule has 0 radical (unpaired) electrons. The highest BCUT2D eigenvalue weighted by atomic mass is 15.2. The molecule has 4 heteroatoms. The molecule has 0 amide bonds. The van der Waals surface area contributed by atoms with Crippen LogP contribution in [-0.2, 0) is 0 Å². The minimum atomic E-state index is -0.354. The second kappa shape index (κ2) is 2.93. The minimum Gasteiger partial charge on any atom is -0.294 e. The van der Waals surface area contributed by atoms with Crippen molar-refractivity contribution in [1.29, 1.82) is 0 Å². The van der Waals surface area contributed by atoms with Gasteiger partial charge in [0.1, 0.15) is 0 Å². The van der Waals surface area contributed by atoms with E-state index < -0.39 is 0 Å². The standard InChI is InChI=1S/C7H12N4/c1-6-7(2,10-11-8)4-3-5-9-6/h3-5H2,1-2H3. The lowest BCUT2D eigenvalue weighted by atomic mass is 9.90. The van der Waals surface area contributed by atoms with Crippen LogP contribution in [0.15, 0.2) is 10.1 Å². The molecule has 1 aliphatic rings. The van der Waals surface area contributed by atoms with Gasteiger partial charge in [0.25, 0.3) is 0 Å². The van der Waals surface area contributed by atoms with Gasteiger partial charge < -0.3 is 0 Å². The number of rotatable bonds is 1. The van der Waals surface area contributed by atoms with E-state index in [0.29, 0.717) is 0 Å². The van der Waals surface area contributed by atoms with E-state index in [1.165, 1.54) is 0 Å². The van der Waals surface area contributed by atoms with Crippen LogP contribution in [0.3, 0.4) is 0 Å². The smallest absolute Gasteiger partial charge is 0.0835 e. The van der Waals surface area contributed by atoms with Crippen LogP contribution < -0.4 is 0 Å². The number of hydrogen-bond donors (Lipinski definition) is 0. The summed E-state index contributed by atoms with van der Waals surface area (Å²) in [4.78, 5) is 7.08. The van der Waals surface area contributed by atoms with Gasteiger partial charge in [-0.25, -0.2) is 0 Å². The zero-order valence-electron chi connectivity index (χ0n) is 6.91. The van der Waals surface area contributed by atoms with Gasteiger partial charge in [0.05, 0.1) is 5.54 Å². The molecule has 11 heavy (non-hydrogen) atoms. The third-order valence-electron chi connectivity index (χ3n) is 2.22. The fraction of sp³-hybridized carbons (Fsp3) is 0.857. The first-order valence-corrected chi connectivity index (χ1v) is 3.77. The fourth-order valence-corrected chi connectivity index (χ4v) is 1.24. The van der Waals surface area contributed by atoms with Crippen molar-refractivity contribution < 1.29 is 0 Å². The topological polar surface area (TPSA) is 61.1 Å². The summed E-state index contributed by atoms with van der Waals surface area (Å²) in [6.45, 7) is 4.74. The molecule has 0 fully saturated rings. The van der Waals surface area contributed by atoms with Crippen LogP contribution in [0.2, 0.25) is 0 Å². The molecule has 1 heterocycles. The molecule has 0 bridgehead atoms. The van der Waals surface area contributed by atoms with Crippen LogP contribution in [0, 0.1) is 0 Å². The number of nitrogens with zero attached hydrogens (tertiary/aromatic N) is 4. The molecule has 1 atom stereocenters. The summed E-state index contributed by atoms with van der Waals surface area (Å²) in [5.74, 6) is 0. The van der Waals surface area contributed by atoms with Crippen LogP contribution in [-0.4, -0.2) is 17.8 Å². The van der Waals surface area contributed by atoms with Crippen molar-refractivity contribution in [2.45, 2.75) is 32.2 Å². The van der Waals surface area contributed by atoms with E-state index in [1.807, 2.05) is 13.8 Å². The Hall–Kier alpha value is -1.02. The Balaban J connectivity index is 2.91. The minimum absolute atomic E-state index is 0.354. The molecule has 0 aliphatic carbocycles. The summed E-state index contributed by atoms with van der Waals surface area (Å²) in [5, 5.41) is 3.75. The highest BCUT2D eigenvalue weighted by Crippen LogP contribution is 2.23. The summed E-state index contributed by atoms with van der Waals surface area (Å²) in [6.07, 6.45) is 1.94. The van der Waals surface area contributed by atoms with E-state index in [4.69, 9.17) is 5.53 Å². The van der Waals surface area contributed by atoms with Gasteiger partial charge in [0.2, 0.25) is 0 Å². The van der Waals surface area contributed by atoms with Crippen molar-refractivity contribution in [3.8, 4) is 0 Å². The summed E-state index contributed by atoms with van der Waals surface area (Å²) in [5.41, 5.74) is 8.91.